The number of esters is 1. The monoisotopic (exact) mass is 382 g/mol. The number of nitrogens with zero attached hydrogens (tertiary/aromatic N) is 2. The van der Waals surface area contributed by atoms with Gasteiger partial charge < -0.3 is 9.64 Å². The molecule has 8 heteroatoms. The molecule has 0 bridgehead atoms. The number of rotatable bonds is 5. The maximum absolute atomic E-state index is 12.7. The summed E-state index contributed by atoms with van der Waals surface area (Å²) < 4.78 is 43.0. The standard InChI is InChI=1S/C19H21F3N2O3/c1-24(18(13-23)8-3-2-4-9-18)16(25)12-27-17(26)11-14-6-5-7-15(10-14)19(20,21)22/h5-7,10H,2-4,8-9,11-12H2,1H3. The molecule has 0 aromatic heterocycles. The minimum atomic E-state index is -4.50. The van der Waals surface area contributed by atoms with Crippen LogP contribution in [0.5, 0.6) is 0 Å². The molecule has 1 amide bonds. The van der Waals surface area contributed by atoms with E-state index in [-0.39, 0.29) is 12.0 Å². The van der Waals surface area contributed by atoms with Gasteiger partial charge in [-0.2, -0.15) is 18.4 Å². The molecular weight excluding hydrogens is 361 g/mol. The maximum Gasteiger partial charge on any atom is 0.416 e. The van der Waals surface area contributed by atoms with Crippen LogP contribution in [-0.2, 0) is 26.9 Å². The Bertz CT molecular complexity index is 734. The highest BCUT2D eigenvalue weighted by Gasteiger charge is 2.39. The number of nitriles is 1. The van der Waals surface area contributed by atoms with Crippen LogP contribution in [0, 0.1) is 11.3 Å². The number of carbonyl (C=O) groups excluding carboxylic acids is 2. The molecule has 1 saturated carbocycles. The lowest BCUT2D eigenvalue weighted by Gasteiger charge is -2.38. The zero-order valence-corrected chi connectivity index (χ0v) is 15.0. The second-order valence-electron chi connectivity index (χ2n) is 6.69. The first-order valence-corrected chi connectivity index (χ1v) is 8.68. The second kappa shape index (κ2) is 8.42. The summed E-state index contributed by atoms with van der Waals surface area (Å²) in [6.45, 7) is -0.544. The van der Waals surface area contributed by atoms with E-state index in [9.17, 15) is 28.0 Å². The second-order valence-corrected chi connectivity index (χ2v) is 6.69. The van der Waals surface area contributed by atoms with Crippen LogP contribution >= 0.6 is 0 Å². The van der Waals surface area contributed by atoms with E-state index in [2.05, 4.69) is 6.07 Å². The van der Waals surface area contributed by atoms with Gasteiger partial charge in [-0.25, -0.2) is 0 Å². The van der Waals surface area contributed by atoms with E-state index < -0.39 is 35.8 Å². The molecule has 0 unspecified atom stereocenters. The largest absolute Gasteiger partial charge is 0.455 e. The van der Waals surface area contributed by atoms with Crippen LogP contribution in [-0.4, -0.2) is 36.0 Å². The first-order valence-electron chi connectivity index (χ1n) is 8.68. The number of ether oxygens (including phenoxy) is 1. The number of hydrogen-bond acceptors (Lipinski definition) is 4. The average Bonchev–Trinajstić information content (AvgIpc) is 2.65. The summed E-state index contributed by atoms with van der Waals surface area (Å²) in [5.41, 5.74) is -1.59. The summed E-state index contributed by atoms with van der Waals surface area (Å²) in [6.07, 6.45) is -1.01. The summed E-state index contributed by atoms with van der Waals surface area (Å²) in [6, 6.07) is 6.59. The fourth-order valence-corrected chi connectivity index (χ4v) is 3.21. The van der Waals surface area contributed by atoms with Gasteiger partial charge in [-0.3, -0.25) is 9.59 Å². The molecular formula is C19H21F3N2O3. The summed E-state index contributed by atoms with van der Waals surface area (Å²) in [5, 5.41) is 9.48. The highest BCUT2D eigenvalue weighted by atomic mass is 19.4. The molecule has 2 rings (SSSR count). The fourth-order valence-electron chi connectivity index (χ4n) is 3.21. The SMILES string of the molecule is CN(C(=O)COC(=O)Cc1cccc(C(F)(F)F)c1)C1(C#N)CCCCC1. The van der Waals surface area contributed by atoms with E-state index in [1.807, 2.05) is 0 Å². The average molecular weight is 382 g/mol. The Hall–Kier alpha value is -2.56. The van der Waals surface area contributed by atoms with Gasteiger partial charge in [-0.1, -0.05) is 37.5 Å². The van der Waals surface area contributed by atoms with E-state index >= 15 is 0 Å². The third-order valence-corrected chi connectivity index (χ3v) is 4.86. The van der Waals surface area contributed by atoms with Crippen LogP contribution in [0.15, 0.2) is 24.3 Å². The van der Waals surface area contributed by atoms with Crippen molar-refractivity contribution in [3.05, 3.63) is 35.4 Å². The van der Waals surface area contributed by atoms with Crippen molar-refractivity contribution in [2.75, 3.05) is 13.7 Å². The van der Waals surface area contributed by atoms with Crippen LogP contribution in [0.25, 0.3) is 0 Å². The third kappa shape index (κ3) is 5.22. The topological polar surface area (TPSA) is 70.4 Å². The number of alkyl halides is 3. The first kappa shape index (κ1) is 20.7. The number of hydrogen-bond donors (Lipinski definition) is 0. The molecule has 1 fully saturated rings. The van der Waals surface area contributed by atoms with E-state index in [0.717, 1.165) is 31.4 Å². The van der Waals surface area contributed by atoms with E-state index in [4.69, 9.17) is 4.74 Å². The number of halogens is 3. The van der Waals surface area contributed by atoms with Crippen molar-refractivity contribution in [1.29, 1.82) is 5.26 Å². The van der Waals surface area contributed by atoms with Crippen molar-refractivity contribution >= 4 is 11.9 Å². The van der Waals surface area contributed by atoms with Crippen molar-refractivity contribution in [2.24, 2.45) is 0 Å². The quantitative estimate of drug-likeness (QED) is 0.731. The Morgan fingerprint density at radius 1 is 1.26 bits per heavy atom. The number of amides is 1. The molecule has 0 N–H and O–H groups in total. The van der Waals surface area contributed by atoms with Gasteiger partial charge in [0.05, 0.1) is 18.1 Å². The highest BCUT2D eigenvalue weighted by molar-refractivity contribution is 5.82. The molecule has 5 nitrogen and oxygen atoms in total. The van der Waals surface area contributed by atoms with Crippen molar-refractivity contribution in [3.8, 4) is 6.07 Å². The van der Waals surface area contributed by atoms with Crippen LogP contribution < -0.4 is 0 Å². The number of carbonyl (C=O) groups is 2. The lowest BCUT2D eigenvalue weighted by atomic mass is 9.81. The fraction of sp³-hybridized carbons (Fsp3) is 0.526. The van der Waals surface area contributed by atoms with Gasteiger partial charge in [0.2, 0.25) is 0 Å². The Kier molecular flexibility index (Phi) is 6.47. The summed E-state index contributed by atoms with van der Waals surface area (Å²) in [4.78, 5) is 25.5. The molecule has 27 heavy (non-hydrogen) atoms. The van der Waals surface area contributed by atoms with Crippen LogP contribution in [0.3, 0.4) is 0 Å². The maximum atomic E-state index is 12.7. The molecule has 0 atom stereocenters. The zero-order valence-electron chi connectivity index (χ0n) is 15.0. The van der Waals surface area contributed by atoms with Crippen LogP contribution in [0.2, 0.25) is 0 Å². The number of benzene rings is 1. The van der Waals surface area contributed by atoms with E-state index in [0.29, 0.717) is 12.8 Å². The molecule has 0 saturated heterocycles. The Balaban J connectivity index is 1.91. The number of likely N-dealkylation sites (N-methyl/N-ethyl adjacent to an activating group) is 1. The Morgan fingerprint density at radius 3 is 2.52 bits per heavy atom. The molecule has 1 aliphatic rings. The van der Waals surface area contributed by atoms with Crippen molar-refractivity contribution < 1.29 is 27.5 Å². The van der Waals surface area contributed by atoms with Crippen molar-refractivity contribution in [3.63, 3.8) is 0 Å². The Labute approximate surface area is 155 Å². The van der Waals surface area contributed by atoms with Crippen LogP contribution in [0.1, 0.15) is 43.2 Å². The molecule has 146 valence electrons. The zero-order chi connectivity index (χ0) is 20.1. The molecule has 0 radical (unpaired) electrons. The smallest absolute Gasteiger partial charge is 0.416 e. The van der Waals surface area contributed by atoms with Crippen molar-refractivity contribution in [1.82, 2.24) is 4.90 Å². The minimum Gasteiger partial charge on any atom is -0.455 e. The van der Waals surface area contributed by atoms with E-state index in [1.165, 1.54) is 24.1 Å². The minimum absolute atomic E-state index is 0.149. The van der Waals surface area contributed by atoms with Crippen molar-refractivity contribution in [2.45, 2.75) is 50.2 Å². The van der Waals surface area contributed by atoms with Crippen LogP contribution in [0.4, 0.5) is 13.2 Å². The predicted octanol–water partition coefficient (Wildman–Crippen LogP) is 3.48. The lowest BCUT2D eigenvalue weighted by Crippen LogP contribution is -2.51. The molecule has 1 aromatic carbocycles. The van der Waals surface area contributed by atoms with E-state index in [1.54, 1.807) is 0 Å². The Morgan fingerprint density at radius 2 is 1.93 bits per heavy atom. The lowest BCUT2D eigenvalue weighted by molar-refractivity contribution is -0.153. The van der Waals surface area contributed by atoms with Gasteiger partial charge in [0.1, 0.15) is 5.54 Å². The predicted molar refractivity (Wildman–Crippen MR) is 90.3 cm³/mol. The first-order chi connectivity index (χ1) is 12.7. The molecule has 1 aliphatic carbocycles. The van der Waals surface area contributed by atoms with Gasteiger partial charge in [0, 0.05) is 7.05 Å². The normalized spacial score (nSPS) is 16.3. The van der Waals surface area contributed by atoms with Gasteiger partial charge in [-0.05, 0) is 24.5 Å². The van der Waals surface area contributed by atoms with Gasteiger partial charge >= 0.3 is 12.1 Å². The highest BCUT2D eigenvalue weighted by Crippen LogP contribution is 2.32. The summed E-state index contributed by atoms with van der Waals surface area (Å²) in [5.74, 6) is -1.30. The summed E-state index contributed by atoms with van der Waals surface area (Å²) >= 11 is 0. The molecule has 0 heterocycles. The van der Waals surface area contributed by atoms with Gasteiger partial charge in [-0.15, -0.1) is 0 Å². The van der Waals surface area contributed by atoms with Gasteiger partial charge in [0.25, 0.3) is 5.91 Å². The molecule has 1 aromatic rings. The molecule has 0 spiro atoms. The van der Waals surface area contributed by atoms with Gasteiger partial charge in [0.15, 0.2) is 6.61 Å². The summed E-state index contributed by atoms with van der Waals surface area (Å²) in [7, 11) is 1.51. The third-order valence-electron chi connectivity index (χ3n) is 4.86. The molecule has 0 aliphatic heterocycles.